The van der Waals surface area contributed by atoms with Gasteiger partial charge in [0, 0.05) is 6.20 Å². The molecule has 0 aliphatic rings. The summed E-state index contributed by atoms with van der Waals surface area (Å²) in [7, 11) is 0. The van der Waals surface area contributed by atoms with E-state index in [4.69, 9.17) is 9.47 Å². The van der Waals surface area contributed by atoms with E-state index in [0.717, 1.165) is 5.75 Å². The van der Waals surface area contributed by atoms with E-state index in [1.165, 1.54) is 23.5 Å². The Labute approximate surface area is 173 Å². The molecule has 0 unspecified atom stereocenters. The summed E-state index contributed by atoms with van der Waals surface area (Å²) in [4.78, 5) is 20.8. The number of hydrogen-bond acceptors (Lipinski definition) is 6. The molecule has 0 saturated heterocycles. The molecule has 8 nitrogen and oxygen atoms in total. The number of pyridine rings is 1. The van der Waals surface area contributed by atoms with Crippen LogP contribution in [0.2, 0.25) is 0 Å². The number of rotatable bonds is 7. The van der Waals surface area contributed by atoms with Crippen LogP contribution in [0.1, 0.15) is 17.3 Å². The topological polar surface area (TPSA) is 91.2 Å². The lowest BCUT2D eigenvalue weighted by Crippen LogP contribution is -2.13. The molecule has 2 aromatic carbocycles. The minimum atomic E-state index is -0.296. The van der Waals surface area contributed by atoms with Gasteiger partial charge in [-0.05, 0) is 55.5 Å². The minimum Gasteiger partial charge on any atom is -0.494 e. The molecular formula is C22H19N5O3. The zero-order chi connectivity index (χ0) is 20.8. The third kappa shape index (κ3) is 4.44. The van der Waals surface area contributed by atoms with Crippen molar-refractivity contribution in [1.29, 1.82) is 0 Å². The zero-order valence-electron chi connectivity index (χ0n) is 16.2. The van der Waals surface area contributed by atoms with E-state index in [1.807, 2.05) is 43.3 Å². The molecular weight excluding hydrogens is 382 g/mol. The van der Waals surface area contributed by atoms with Crippen LogP contribution < -0.4 is 14.8 Å². The summed E-state index contributed by atoms with van der Waals surface area (Å²) >= 11 is 0. The number of hydrogen-bond donors (Lipinski definition) is 1. The molecule has 2 heterocycles. The number of amides is 1. The maximum atomic E-state index is 12.7. The fraction of sp³-hybridized carbons (Fsp3) is 0.0909. The summed E-state index contributed by atoms with van der Waals surface area (Å²) in [6, 6.07) is 17.9. The highest BCUT2D eigenvalue weighted by Crippen LogP contribution is 2.30. The third-order valence-corrected chi connectivity index (χ3v) is 4.16. The minimum absolute atomic E-state index is 0.296. The summed E-state index contributed by atoms with van der Waals surface area (Å²) in [6.45, 7) is 2.53. The van der Waals surface area contributed by atoms with Crippen LogP contribution >= 0.6 is 0 Å². The van der Waals surface area contributed by atoms with Gasteiger partial charge in [0.2, 0.25) is 0 Å². The Bertz CT molecular complexity index is 1110. The quantitative estimate of drug-likeness (QED) is 0.501. The second-order valence-corrected chi connectivity index (χ2v) is 6.20. The van der Waals surface area contributed by atoms with Gasteiger partial charge in [-0.25, -0.2) is 14.6 Å². The lowest BCUT2D eigenvalue weighted by molar-refractivity contribution is 0.102. The van der Waals surface area contributed by atoms with Gasteiger partial charge in [0.1, 0.15) is 24.2 Å². The Morgan fingerprint density at radius 2 is 1.83 bits per heavy atom. The molecule has 1 N–H and O–H groups in total. The molecule has 4 rings (SSSR count). The number of carbonyl (C=O) groups is 1. The first-order valence-corrected chi connectivity index (χ1v) is 9.35. The Balaban J connectivity index is 1.47. The largest absolute Gasteiger partial charge is 0.494 e. The van der Waals surface area contributed by atoms with E-state index in [9.17, 15) is 4.79 Å². The molecule has 0 fully saturated rings. The van der Waals surface area contributed by atoms with Gasteiger partial charge >= 0.3 is 0 Å². The number of para-hydroxylation sites is 2. The van der Waals surface area contributed by atoms with E-state index in [-0.39, 0.29) is 5.91 Å². The summed E-state index contributed by atoms with van der Waals surface area (Å²) in [5.41, 5.74) is 0.964. The lowest BCUT2D eigenvalue weighted by Gasteiger charge is -2.13. The van der Waals surface area contributed by atoms with Gasteiger partial charge < -0.3 is 14.8 Å². The third-order valence-electron chi connectivity index (χ3n) is 4.16. The van der Waals surface area contributed by atoms with Crippen LogP contribution in [0.3, 0.4) is 0 Å². The van der Waals surface area contributed by atoms with Crippen molar-refractivity contribution >= 4 is 11.6 Å². The van der Waals surface area contributed by atoms with Crippen LogP contribution in [0.15, 0.2) is 79.5 Å². The molecule has 4 aromatic rings. The monoisotopic (exact) mass is 401 g/mol. The fourth-order valence-electron chi connectivity index (χ4n) is 2.73. The van der Waals surface area contributed by atoms with Crippen LogP contribution in [0, 0.1) is 0 Å². The van der Waals surface area contributed by atoms with Gasteiger partial charge in [-0.2, -0.15) is 5.10 Å². The van der Waals surface area contributed by atoms with Crippen molar-refractivity contribution in [1.82, 2.24) is 19.7 Å². The first kappa shape index (κ1) is 19.1. The van der Waals surface area contributed by atoms with Crippen molar-refractivity contribution in [3.05, 3.63) is 85.1 Å². The van der Waals surface area contributed by atoms with Gasteiger partial charge in [0.05, 0.1) is 17.9 Å². The van der Waals surface area contributed by atoms with Crippen LogP contribution in [-0.4, -0.2) is 32.3 Å². The molecule has 1 amide bonds. The average molecular weight is 401 g/mol. The van der Waals surface area contributed by atoms with E-state index in [2.05, 4.69) is 20.4 Å². The molecule has 0 aliphatic carbocycles. The Hall–Kier alpha value is -4.20. The number of aromatic nitrogens is 4. The van der Waals surface area contributed by atoms with Gasteiger partial charge in [-0.15, -0.1) is 0 Å². The van der Waals surface area contributed by atoms with Crippen molar-refractivity contribution in [3.8, 4) is 23.1 Å². The van der Waals surface area contributed by atoms with Crippen LogP contribution in [-0.2, 0) is 0 Å². The van der Waals surface area contributed by atoms with Crippen molar-refractivity contribution in [2.24, 2.45) is 0 Å². The van der Waals surface area contributed by atoms with Crippen LogP contribution in [0.4, 0.5) is 5.69 Å². The standard InChI is InChI=1S/C22H19N5O3/c1-2-29-17-8-10-18(11-9-17)30-20-6-4-3-5-19(20)26-22(28)16-7-12-21(24-13-16)27-15-23-14-25-27/h3-15H,2H2,1H3,(H,26,28). The van der Waals surface area contributed by atoms with Gasteiger partial charge in [0.15, 0.2) is 11.6 Å². The van der Waals surface area contributed by atoms with Crippen LogP contribution in [0.25, 0.3) is 5.82 Å². The maximum absolute atomic E-state index is 12.7. The number of carbonyl (C=O) groups excluding carboxylic acids is 1. The highest BCUT2D eigenvalue weighted by atomic mass is 16.5. The zero-order valence-corrected chi connectivity index (χ0v) is 16.2. The fourth-order valence-corrected chi connectivity index (χ4v) is 2.73. The molecule has 0 bridgehead atoms. The van der Waals surface area contributed by atoms with Crippen molar-refractivity contribution in [2.75, 3.05) is 11.9 Å². The van der Waals surface area contributed by atoms with Crippen molar-refractivity contribution in [3.63, 3.8) is 0 Å². The number of benzene rings is 2. The molecule has 150 valence electrons. The molecule has 30 heavy (non-hydrogen) atoms. The van der Waals surface area contributed by atoms with E-state index < -0.39 is 0 Å². The Kier molecular flexibility index (Phi) is 5.66. The van der Waals surface area contributed by atoms with Crippen LogP contribution in [0.5, 0.6) is 17.2 Å². The molecule has 0 spiro atoms. The van der Waals surface area contributed by atoms with Gasteiger partial charge in [-0.1, -0.05) is 12.1 Å². The normalized spacial score (nSPS) is 10.4. The highest BCUT2D eigenvalue weighted by molar-refractivity contribution is 6.04. The molecule has 8 heteroatoms. The van der Waals surface area contributed by atoms with Gasteiger partial charge in [-0.3, -0.25) is 4.79 Å². The number of ether oxygens (including phenoxy) is 2. The van der Waals surface area contributed by atoms with E-state index >= 15 is 0 Å². The predicted molar refractivity (Wildman–Crippen MR) is 111 cm³/mol. The molecule has 2 aromatic heterocycles. The second kappa shape index (κ2) is 8.87. The van der Waals surface area contributed by atoms with Crippen molar-refractivity contribution in [2.45, 2.75) is 6.92 Å². The number of nitrogens with one attached hydrogen (secondary N) is 1. The Morgan fingerprint density at radius 3 is 2.53 bits per heavy atom. The van der Waals surface area contributed by atoms with E-state index in [0.29, 0.717) is 35.2 Å². The second-order valence-electron chi connectivity index (χ2n) is 6.20. The van der Waals surface area contributed by atoms with Gasteiger partial charge in [0.25, 0.3) is 5.91 Å². The molecule has 0 saturated carbocycles. The number of nitrogens with zero attached hydrogens (tertiary/aromatic N) is 4. The molecule has 0 radical (unpaired) electrons. The lowest BCUT2D eigenvalue weighted by atomic mass is 10.2. The first-order chi connectivity index (χ1) is 14.7. The van der Waals surface area contributed by atoms with Crippen molar-refractivity contribution < 1.29 is 14.3 Å². The molecule has 0 atom stereocenters. The number of anilines is 1. The predicted octanol–water partition coefficient (Wildman–Crippen LogP) is 4.11. The summed E-state index contributed by atoms with van der Waals surface area (Å²) < 4.78 is 12.9. The average Bonchev–Trinajstić information content (AvgIpc) is 3.32. The smallest absolute Gasteiger partial charge is 0.257 e. The highest BCUT2D eigenvalue weighted by Gasteiger charge is 2.11. The first-order valence-electron chi connectivity index (χ1n) is 9.35. The maximum Gasteiger partial charge on any atom is 0.257 e. The summed E-state index contributed by atoms with van der Waals surface area (Å²) in [5.74, 6) is 2.22. The summed E-state index contributed by atoms with van der Waals surface area (Å²) in [6.07, 6.45) is 4.45. The summed E-state index contributed by atoms with van der Waals surface area (Å²) in [5, 5.41) is 6.88. The Morgan fingerprint density at radius 1 is 1.03 bits per heavy atom. The molecule has 0 aliphatic heterocycles. The SMILES string of the molecule is CCOc1ccc(Oc2ccccc2NC(=O)c2ccc(-n3cncn3)nc2)cc1. The van der Waals surface area contributed by atoms with E-state index in [1.54, 1.807) is 24.3 Å².